The molecule has 1 aliphatic heterocycles. The van der Waals surface area contributed by atoms with Crippen LogP contribution in [0.25, 0.3) is 5.52 Å². The van der Waals surface area contributed by atoms with Gasteiger partial charge in [-0.1, -0.05) is 0 Å². The van der Waals surface area contributed by atoms with Crippen molar-refractivity contribution >= 4 is 39.1 Å². The second kappa shape index (κ2) is 11.2. The minimum Gasteiger partial charge on any atom is -0.497 e. The molecule has 11 nitrogen and oxygen atoms in total. The van der Waals surface area contributed by atoms with Crippen LogP contribution in [0.3, 0.4) is 0 Å². The number of nitrogens with one attached hydrogen (secondary N) is 1. The lowest BCUT2D eigenvalue weighted by molar-refractivity contribution is -0.133. The molecule has 4 rings (SSSR count). The molecule has 1 amide bonds. The van der Waals surface area contributed by atoms with Crippen molar-refractivity contribution in [3.05, 3.63) is 46.6 Å². The molecule has 12 heteroatoms. The number of anilines is 1. The van der Waals surface area contributed by atoms with E-state index in [4.69, 9.17) is 23.9 Å². The predicted octanol–water partition coefficient (Wildman–Crippen LogP) is 4.39. The van der Waals surface area contributed by atoms with E-state index in [2.05, 4.69) is 26.2 Å². The van der Waals surface area contributed by atoms with Gasteiger partial charge in [0.05, 0.1) is 27.4 Å². The van der Waals surface area contributed by atoms with Crippen LogP contribution in [0.2, 0.25) is 0 Å². The molecule has 38 heavy (non-hydrogen) atoms. The number of fused-ring (bicyclic) bond motifs is 1. The number of hydrogen-bond donors (Lipinski definition) is 1. The third-order valence-corrected chi connectivity index (χ3v) is 6.61. The molecule has 1 aliphatic rings. The van der Waals surface area contributed by atoms with Crippen molar-refractivity contribution in [2.75, 3.05) is 32.7 Å². The molecule has 0 spiro atoms. The van der Waals surface area contributed by atoms with E-state index in [0.717, 1.165) is 5.56 Å². The number of aromatic nitrogens is 3. The zero-order valence-corrected chi connectivity index (χ0v) is 23.9. The van der Waals surface area contributed by atoms with Crippen molar-refractivity contribution in [1.82, 2.24) is 19.3 Å². The highest BCUT2D eigenvalue weighted by atomic mass is 79.9. The van der Waals surface area contributed by atoms with Gasteiger partial charge in [-0.05, 0) is 55.8 Å². The molecular weight excluding hydrogens is 558 g/mol. The lowest BCUT2D eigenvalue weighted by Gasteiger charge is -2.38. The van der Waals surface area contributed by atoms with Crippen molar-refractivity contribution in [1.29, 1.82) is 0 Å². The molecule has 3 heterocycles. The van der Waals surface area contributed by atoms with Crippen LogP contribution < -0.4 is 14.8 Å². The normalized spacial score (nSPS) is 17.8. The molecule has 0 aliphatic carbocycles. The molecule has 3 aromatic rings. The van der Waals surface area contributed by atoms with Crippen LogP contribution in [-0.4, -0.2) is 70.2 Å². The average molecular weight is 590 g/mol. The van der Waals surface area contributed by atoms with Crippen LogP contribution in [0.1, 0.15) is 45.2 Å². The average Bonchev–Trinajstić information content (AvgIpc) is 3.22. The molecule has 0 unspecified atom stereocenters. The number of halogens is 1. The highest BCUT2D eigenvalue weighted by Crippen LogP contribution is 2.33. The molecule has 2 atom stereocenters. The molecule has 1 fully saturated rings. The Bertz CT molecular complexity index is 1340. The summed E-state index contributed by atoms with van der Waals surface area (Å²) in [5.41, 5.74) is 0.927. The number of ketones is 1. The fraction of sp³-hybridized carbons (Fsp3) is 0.462. The topological polar surface area (TPSA) is 117 Å². The summed E-state index contributed by atoms with van der Waals surface area (Å²) in [6.45, 7) is 7.39. The second-order valence-electron chi connectivity index (χ2n) is 9.87. The zero-order valence-electron chi connectivity index (χ0n) is 22.3. The minimum atomic E-state index is -0.728. The standard InChI is InChI=1S/C26H32BrN5O6/c1-15(33)18-14-37-20(13-32(18)25(34)38-26(2,3)4)24-30-22(27)21-23(28-9-10-31(21)24)29-12-16-7-8-17(35-5)11-19(16)36-6/h7-11,18,20H,12-14H2,1-6H3,(H,28,29)/t18-,20+/m0/s1. The molecule has 1 aromatic carbocycles. The van der Waals surface area contributed by atoms with Gasteiger partial charge in [-0.3, -0.25) is 14.1 Å². The molecule has 2 aromatic heterocycles. The van der Waals surface area contributed by atoms with Crippen molar-refractivity contribution < 1.29 is 28.5 Å². The predicted molar refractivity (Wildman–Crippen MR) is 144 cm³/mol. The van der Waals surface area contributed by atoms with Crippen LogP contribution in [-0.2, 0) is 20.8 Å². The monoisotopic (exact) mass is 589 g/mol. The van der Waals surface area contributed by atoms with Gasteiger partial charge >= 0.3 is 6.09 Å². The number of imidazole rings is 1. The summed E-state index contributed by atoms with van der Waals surface area (Å²) < 4.78 is 24.8. The number of carbonyl (C=O) groups excluding carboxylic acids is 2. The molecular formula is C26H32BrN5O6. The van der Waals surface area contributed by atoms with Crippen LogP contribution >= 0.6 is 15.9 Å². The largest absolute Gasteiger partial charge is 0.497 e. The molecule has 0 radical (unpaired) electrons. The quantitative estimate of drug-likeness (QED) is 0.428. The van der Waals surface area contributed by atoms with Gasteiger partial charge in [-0.2, -0.15) is 0 Å². The number of morpholine rings is 1. The third kappa shape index (κ3) is 5.86. The Morgan fingerprint density at radius 1 is 1.24 bits per heavy atom. The number of carbonyl (C=O) groups is 2. The van der Waals surface area contributed by atoms with Crippen molar-refractivity contribution in [3.8, 4) is 11.5 Å². The number of Topliss-reactive ketones (excluding diaryl/α,β-unsaturated/α-hetero) is 1. The SMILES string of the molecule is COc1ccc(CNc2nccn3c([C@H]4CN(C(=O)OC(C)(C)C)[C@H](C(C)=O)CO4)nc(Br)c23)c(OC)c1. The van der Waals surface area contributed by atoms with Crippen LogP contribution in [0.5, 0.6) is 11.5 Å². The number of benzene rings is 1. The summed E-state index contributed by atoms with van der Waals surface area (Å²) in [4.78, 5) is 35.9. The van der Waals surface area contributed by atoms with Gasteiger partial charge in [0.1, 0.15) is 45.2 Å². The lowest BCUT2D eigenvalue weighted by atomic mass is 10.1. The number of ether oxygens (including phenoxy) is 4. The summed E-state index contributed by atoms with van der Waals surface area (Å²) in [7, 11) is 3.22. The molecule has 0 bridgehead atoms. The van der Waals surface area contributed by atoms with Gasteiger partial charge in [-0.25, -0.2) is 14.8 Å². The summed E-state index contributed by atoms with van der Waals surface area (Å²) in [5.74, 6) is 2.38. The van der Waals surface area contributed by atoms with E-state index >= 15 is 0 Å². The first-order chi connectivity index (χ1) is 18.0. The maximum atomic E-state index is 13.0. The molecule has 1 saturated heterocycles. The summed E-state index contributed by atoms with van der Waals surface area (Å²) in [6, 6.07) is 4.89. The van der Waals surface area contributed by atoms with E-state index in [1.54, 1.807) is 47.4 Å². The summed E-state index contributed by atoms with van der Waals surface area (Å²) >= 11 is 3.56. The van der Waals surface area contributed by atoms with E-state index in [9.17, 15) is 9.59 Å². The molecule has 204 valence electrons. The fourth-order valence-electron chi connectivity index (χ4n) is 4.22. The Kier molecular flexibility index (Phi) is 8.12. The molecule has 0 saturated carbocycles. The van der Waals surface area contributed by atoms with Gasteiger partial charge in [0.15, 0.2) is 11.6 Å². The number of methoxy groups -OCH3 is 2. The van der Waals surface area contributed by atoms with Gasteiger partial charge in [0.25, 0.3) is 0 Å². The van der Waals surface area contributed by atoms with Gasteiger partial charge in [-0.15, -0.1) is 0 Å². The maximum Gasteiger partial charge on any atom is 0.411 e. The summed E-state index contributed by atoms with van der Waals surface area (Å²) in [6.07, 6.45) is 2.28. The second-order valence-corrected chi connectivity index (χ2v) is 10.6. The van der Waals surface area contributed by atoms with Gasteiger partial charge in [0.2, 0.25) is 0 Å². The van der Waals surface area contributed by atoms with Crippen LogP contribution in [0, 0.1) is 0 Å². The third-order valence-electron chi connectivity index (χ3n) is 6.06. The molecule has 1 N–H and O–H groups in total. The summed E-state index contributed by atoms with van der Waals surface area (Å²) in [5, 5.41) is 3.36. The van der Waals surface area contributed by atoms with E-state index in [-0.39, 0.29) is 18.9 Å². The van der Waals surface area contributed by atoms with E-state index in [1.807, 2.05) is 22.6 Å². The van der Waals surface area contributed by atoms with Gasteiger partial charge in [0, 0.05) is 30.6 Å². The Balaban J connectivity index is 1.61. The maximum absolute atomic E-state index is 13.0. The van der Waals surface area contributed by atoms with Crippen molar-refractivity contribution in [3.63, 3.8) is 0 Å². The Morgan fingerprint density at radius 2 is 2.00 bits per heavy atom. The fourth-order valence-corrected chi connectivity index (χ4v) is 4.78. The Labute approximate surface area is 229 Å². The number of hydrogen-bond acceptors (Lipinski definition) is 9. The zero-order chi connectivity index (χ0) is 27.6. The smallest absolute Gasteiger partial charge is 0.411 e. The number of amides is 1. The number of nitrogens with zero attached hydrogens (tertiary/aromatic N) is 4. The van der Waals surface area contributed by atoms with E-state index < -0.39 is 23.8 Å². The first kappa shape index (κ1) is 27.6. The van der Waals surface area contributed by atoms with Crippen LogP contribution in [0.15, 0.2) is 35.2 Å². The van der Waals surface area contributed by atoms with E-state index in [1.165, 1.54) is 11.8 Å². The minimum absolute atomic E-state index is 0.0409. The van der Waals surface area contributed by atoms with E-state index in [0.29, 0.717) is 39.8 Å². The van der Waals surface area contributed by atoms with Gasteiger partial charge < -0.3 is 24.3 Å². The lowest BCUT2D eigenvalue weighted by Crippen LogP contribution is -2.54. The Hall–Kier alpha value is -3.38. The highest BCUT2D eigenvalue weighted by Gasteiger charge is 2.39. The Morgan fingerprint density at radius 3 is 2.66 bits per heavy atom. The van der Waals surface area contributed by atoms with Crippen molar-refractivity contribution in [2.24, 2.45) is 0 Å². The first-order valence-corrected chi connectivity index (χ1v) is 12.9. The van der Waals surface area contributed by atoms with Crippen molar-refractivity contribution in [2.45, 2.75) is 52.0 Å². The highest BCUT2D eigenvalue weighted by molar-refractivity contribution is 9.10. The van der Waals surface area contributed by atoms with Crippen LogP contribution in [0.4, 0.5) is 10.6 Å². The first-order valence-electron chi connectivity index (χ1n) is 12.1. The number of rotatable bonds is 7.